The molecule has 3 fully saturated rings. The van der Waals surface area contributed by atoms with E-state index in [0.29, 0.717) is 11.8 Å². The third kappa shape index (κ3) is 4.13. The van der Waals surface area contributed by atoms with E-state index in [1.54, 1.807) is 12.7 Å². The SMILES string of the molecule is COC(=O)[C@]12CCC(C)(C)C[C@H]1C1=CC[C@@H]3[C@@]4(C)Cc5c(nn(-c6ccccc6)c5-c5ccccc5)C(C)(C)[C@@H]4CC[C@@]3(C)[C@]1(C)CC2. The number of ether oxygens (including phenoxy) is 1. The Balaban J connectivity index is 1.27. The standard InChI is InChI=1S/C44H56N2O2/c1-39(2)23-25-44(38(47)48-8)26-24-42(6)32(33(44)28-39)19-20-35-41(5)27-31-36(29-15-11-9-12-16-29)46(30-17-13-10-14-18-30)45-37(31)40(3,4)34(41)21-22-43(35,42)7/h9-19,33-35H,20-28H2,1-8H3/t33-,34-,35+,41-,42+,43+,44-/m0/s1. The summed E-state index contributed by atoms with van der Waals surface area (Å²) in [7, 11) is 1.61. The summed E-state index contributed by atoms with van der Waals surface area (Å²) < 4.78 is 7.86. The van der Waals surface area contributed by atoms with Gasteiger partial charge in [-0.25, -0.2) is 4.68 Å². The first-order chi connectivity index (χ1) is 22.7. The molecule has 0 unspecified atom stereocenters. The van der Waals surface area contributed by atoms with Crippen LogP contribution in [-0.2, 0) is 21.4 Å². The molecule has 2 aromatic carbocycles. The molecule has 254 valence electrons. The minimum Gasteiger partial charge on any atom is -0.469 e. The second kappa shape index (κ2) is 10.4. The number of methoxy groups -OCH3 is 1. The zero-order chi connectivity index (χ0) is 33.9. The van der Waals surface area contributed by atoms with Gasteiger partial charge in [0.1, 0.15) is 0 Å². The molecule has 0 amide bonds. The van der Waals surface area contributed by atoms with Crippen LogP contribution in [0.5, 0.6) is 0 Å². The molecule has 0 saturated heterocycles. The average molecular weight is 645 g/mol. The van der Waals surface area contributed by atoms with Gasteiger partial charge in [-0.2, -0.15) is 5.10 Å². The summed E-state index contributed by atoms with van der Waals surface area (Å²) in [6.45, 7) is 17.8. The summed E-state index contributed by atoms with van der Waals surface area (Å²) in [6.07, 6.45) is 12.4. The van der Waals surface area contributed by atoms with Crippen LogP contribution in [0.4, 0.5) is 0 Å². The lowest BCUT2D eigenvalue weighted by Crippen LogP contribution is -2.64. The Morgan fingerprint density at radius 2 is 1.50 bits per heavy atom. The highest BCUT2D eigenvalue weighted by Gasteiger charge is 2.69. The van der Waals surface area contributed by atoms with Gasteiger partial charge in [0, 0.05) is 16.5 Å². The van der Waals surface area contributed by atoms with Gasteiger partial charge in [0.25, 0.3) is 0 Å². The number of esters is 1. The summed E-state index contributed by atoms with van der Waals surface area (Å²) in [5.74, 6) is 1.41. The largest absolute Gasteiger partial charge is 0.469 e. The van der Waals surface area contributed by atoms with Crippen LogP contribution in [-0.4, -0.2) is 22.9 Å². The van der Waals surface area contributed by atoms with Crippen LogP contribution in [0.3, 0.4) is 0 Å². The summed E-state index contributed by atoms with van der Waals surface area (Å²) in [4.78, 5) is 13.7. The molecule has 0 aliphatic heterocycles. The Kier molecular flexibility index (Phi) is 6.98. The minimum atomic E-state index is -0.363. The number of para-hydroxylation sites is 1. The predicted octanol–water partition coefficient (Wildman–Crippen LogP) is 10.5. The predicted molar refractivity (Wildman–Crippen MR) is 194 cm³/mol. The van der Waals surface area contributed by atoms with Gasteiger partial charge in [-0.1, -0.05) is 109 Å². The Morgan fingerprint density at radius 3 is 2.19 bits per heavy atom. The van der Waals surface area contributed by atoms with Crippen molar-refractivity contribution in [3.05, 3.63) is 83.6 Å². The van der Waals surface area contributed by atoms with Crippen LogP contribution >= 0.6 is 0 Å². The highest BCUT2D eigenvalue weighted by molar-refractivity contribution is 5.78. The van der Waals surface area contributed by atoms with Crippen LogP contribution in [0.2, 0.25) is 0 Å². The molecule has 48 heavy (non-hydrogen) atoms. The molecule has 3 aromatic rings. The first kappa shape index (κ1) is 32.1. The van der Waals surface area contributed by atoms with Gasteiger partial charge in [-0.3, -0.25) is 4.79 Å². The number of hydrogen-bond donors (Lipinski definition) is 0. The zero-order valence-electron chi connectivity index (χ0n) is 30.7. The number of rotatable bonds is 3. The minimum absolute atomic E-state index is 0.0410. The van der Waals surface area contributed by atoms with Gasteiger partial charge >= 0.3 is 5.97 Å². The molecule has 5 aliphatic rings. The Labute approximate surface area is 288 Å². The van der Waals surface area contributed by atoms with Crippen LogP contribution in [0.15, 0.2) is 72.3 Å². The maximum Gasteiger partial charge on any atom is 0.312 e. The summed E-state index contributed by atoms with van der Waals surface area (Å²) in [5.41, 5.74) is 8.13. The zero-order valence-corrected chi connectivity index (χ0v) is 30.7. The Hall–Kier alpha value is -3.14. The number of carbonyl (C=O) groups is 1. The van der Waals surface area contributed by atoms with Crippen molar-refractivity contribution in [1.29, 1.82) is 0 Å². The maximum atomic E-state index is 13.7. The smallest absolute Gasteiger partial charge is 0.312 e. The Bertz CT molecular complexity index is 1780. The molecule has 1 aromatic heterocycles. The second-order valence-corrected chi connectivity index (χ2v) is 18.6. The van der Waals surface area contributed by atoms with E-state index in [9.17, 15) is 4.79 Å². The lowest BCUT2D eigenvalue weighted by Gasteiger charge is -2.70. The normalized spacial score (nSPS) is 37.5. The fourth-order valence-electron chi connectivity index (χ4n) is 12.9. The van der Waals surface area contributed by atoms with E-state index in [2.05, 4.69) is 120 Å². The molecule has 4 heteroatoms. The summed E-state index contributed by atoms with van der Waals surface area (Å²) in [5, 5.41) is 5.52. The van der Waals surface area contributed by atoms with Crippen molar-refractivity contribution < 1.29 is 9.53 Å². The first-order valence-electron chi connectivity index (χ1n) is 18.7. The van der Waals surface area contributed by atoms with Crippen LogP contribution < -0.4 is 0 Å². The molecule has 8 rings (SSSR count). The molecule has 0 bridgehead atoms. The van der Waals surface area contributed by atoms with Gasteiger partial charge in [0.2, 0.25) is 0 Å². The summed E-state index contributed by atoms with van der Waals surface area (Å²) in [6, 6.07) is 21.7. The van der Waals surface area contributed by atoms with Crippen molar-refractivity contribution in [1.82, 2.24) is 9.78 Å². The molecule has 0 N–H and O–H groups in total. The molecule has 3 saturated carbocycles. The maximum absolute atomic E-state index is 13.7. The number of carbonyl (C=O) groups excluding carboxylic acids is 1. The van der Waals surface area contributed by atoms with Gasteiger partial charge in [-0.15, -0.1) is 0 Å². The molecule has 0 spiro atoms. The van der Waals surface area contributed by atoms with Crippen molar-refractivity contribution in [3.8, 4) is 16.9 Å². The number of aromatic nitrogens is 2. The second-order valence-electron chi connectivity index (χ2n) is 18.6. The molecule has 4 nitrogen and oxygen atoms in total. The third-order valence-electron chi connectivity index (χ3n) is 15.6. The lowest BCUT2D eigenvalue weighted by molar-refractivity contribution is -0.179. The fraction of sp³-hybridized carbons (Fsp3) is 0.591. The number of hydrogen-bond acceptors (Lipinski definition) is 3. The number of nitrogens with zero attached hydrogens (tertiary/aromatic N) is 2. The molecule has 1 heterocycles. The highest BCUT2D eigenvalue weighted by atomic mass is 16.5. The van der Waals surface area contributed by atoms with Crippen molar-refractivity contribution in [3.63, 3.8) is 0 Å². The quantitative estimate of drug-likeness (QED) is 0.210. The van der Waals surface area contributed by atoms with Gasteiger partial charge < -0.3 is 4.74 Å². The molecular formula is C44H56N2O2. The Morgan fingerprint density at radius 1 is 0.833 bits per heavy atom. The van der Waals surface area contributed by atoms with E-state index in [4.69, 9.17) is 9.84 Å². The monoisotopic (exact) mass is 644 g/mol. The van der Waals surface area contributed by atoms with Gasteiger partial charge in [0.15, 0.2) is 0 Å². The molecule has 5 aliphatic carbocycles. The van der Waals surface area contributed by atoms with E-state index in [-0.39, 0.29) is 44.4 Å². The number of fused-ring (bicyclic) bond motifs is 8. The van der Waals surface area contributed by atoms with E-state index in [0.717, 1.165) is 50.6 Å². The van der Waals surface area contributed by atoms with E-state index in [1.165, 1.54) is 35.4 Å². The van der Waals surface area contributed by atoms with Crippen molar-refractivity contribution in [2.45, 2.75) is 112 Å². The van der Waals surface area contributed by atoms with Crippen LogP contribution in [0, 0.1) is 44.8 Å². The topological polar surface area (TPSA) is 44.1 Å². The van der Waals surface area contributed by atoms with E-state index in [1.807, 2.05) is 0 Å². The van der Waals surface area contributed by atoms with Crippen LogP contribution in [0.25, 0.3) is 16.9 Å². The average Bonchev–Trinajstić information content (AvgIpc) is 3.45. The first-order valence-corrected chi connectivity index (χ1v) is 18.7. The van der Waals surface area contributed by atoms with Crippen LogP contribution in [0.1, 0.15) is 111 Å². The highest BCUT2D eigenvalue weighted by Crippen LogP contribution is 2.75. The van der Waals surface area contributed by atoms with Gasteiger partial charge in [0.05, 0.1) is 29.6 Å². The lowest BCUT2D eigenvalue weighted by atomic mass is 9.33. The molecular weight excluding hydrogens is 588 g/mol. The molecule has 7 atom stereocenters. The summed E-state index contributed by atoms with van der Waals surface area (Å²) >= 11 is 0. The number of allylic oxidation sites excluding steroid dienone is 2. The number of benzene rings is 2. The van der Waals surface area contributed by atoms with E-state index < -0.39 is 0 Å². The van der Waals surface area contributed by atoms with E-state index >= 15 is 0 Å². The van der Waals surface area contributed by atoms with Gasteiger partial charge in [-0.05, 0) is 109 Å². The van der Waals surface area contributed by atoms with Crippen molar-refractivity contribution in [2.75, 3.05) is 7.11 Å². The third-order valence-corrected chi connectivity index (χ3v) is 15.6. The fourth-order valence-corrected chi connectivity index (χ4v) is 12.9. The molecule has 0 radical (unpaired) electrons. The van der Waals surface area contributed by atoms with Crippen molar-refractivity contribution in [2.24, 2.45) is 44.8 Å². The van der Waals surface area contributed by atoms with Crippen molar-refractivity contribution >= 4 is 5.97 Å².